The molecule has 1 aromatic carbocycles. The van der Waals surface area contributed by atoms with Gasteiger partial charge in [0.15, 0.2) is 0 Å². The first-order chi connectivity index (χ1) is 14.6. The van der Waals surface area contributed by atoms with Crippen LogP contribution in [0.25, 0.3) is 5.57 Å². The van der Waals surface area contributed by atoms with E-state index < -0.39 is 0 Å². The van der Waals surface area contributed by atoms with Gasteiger partial charge in [0.1, 0.15) is 5.75 Å². The number of ether oxygens (including phenoxy) is 2. The highest BCUT2D eigenvalue weighted by molar-refractivity contribution is 5.71. The Morgan fingerprint density at radius 1 is 1.10 bits per heavy atom. The Morgan fingerprint density at radius 2 is 1.90 bits per heavy atom. The third-order valence-electron chi connectivity index (χ3n) is 6.20. The first-order valence-corrected chi connectivity index (χ1v) is 10.9. The molecule has 2 aliphatic rings. The molecule has 5 nitrogen and oxygen atoms in total. The summed E-state index contributed by atoms with van der Waals surface area (Å²) >= 11 is 0. The number of aliphatic hydroxyl groups excluding tert-OH is 2. The lowest BCUT2D eigenvalue weighted by Crippen LogP contribution is -2.37. The fourth-order valence-corrected chi connectivity index (χ4v) is 4.67. The summed E-state index contributed by atoms with van der Waals surface area (Å²) in [7, 11) is 1.68. The summed E-state index contributed by atoms with van der Waals surface area (Å²) in [6.07, 6.45) is 8.50. The Hall–Kier alpha value is -2.21. The highest BCUT2D eigenvalue weighted by Gasteiger charge is 2.29. The van der Waals surface area contributed by atoms with Crippen molar-refractivity contribution >= 4 is 5.57 Å². The summed E-state index contributed by atoms with van der Waals surface area (Å²) in [6.45, 7) is -0.0276. The molecule has 4 rings (SSSR count). The number of allylic oxidation sites excluding steroid dienone is 2. The number of fused-ring (bicyclic) bond motifs is 1. The van der Waals surface area contributed by atoms with E-state index in [0.29, 0.717) is 18.8 Å². The fraction of sp³-hybridized carbons (Fsp3) is 0.480. The maximum absolute atomic E-state index is 10.1. The average Bonchev–Trinajstić information content (AvgIpc) is 2.78. The number of benzene rings is 1. The number of nitrogens with zero attached hydrogens (tertiary/aromatic N) is 1. The maximum Gasteiger partial charge on any atom is 0.118 e. The molecule has 0 spiro atoms. The molecule has 1 aromatic heterocycles. The predicted octanol–water partition coefficient (Wildman–Crippen LogP) is 3.57. The van der Waals surface area contributed by atoms with Crippen LogP contribution in [0.1, 0.15) is 42.5 Å². The average molecular weight is 410 g/mol. The molecule has 2 aromatic rings. The topological polar surface area (TPSA) is 71.8 Å². The Labute approximate surface area is 178 Å². The van der Waals surface area contributed by atoms with Gasteiger partial charge in [-0.1, -0.05) is 24.3 Å². The lowest BCUT2D eigenvalue weighted by molar-refractivity contribution is -0.114. The SMILES string of the molecule is COc1ccc(CC2=CC(CC[C@H]3C[C@@H](O)C[C@@H](CO)O3)Cc3ncccc32)cc1. The summed E-state index contributed by atoms with van der Waals surface area (Å²) < 4.78 is 11.2. The zero-order valence-electron chi connectivity index (χ0n) is 17.5. The van der Waals surface area contributed by atoms with Gasteiger partial charge < -0.3 is 19.7 Å². The van der Waals surface area contributed by atoms with Crippen LogP contribution in [0.3, 0.4) is 0 Å². The van der Waals surface area contributed by atoms with E-state index in [1.807, 2.05) is 24.4 Å². The normalized spacial score (nSPS) is 26.0. The van der Waals surface area contributed by atoms with E-state index in [1.54, 1.807) is 7.11 Å². The van der Waals surface area contributed by atoms with Crippen LogP contribution in [0.2, 0.25) is 0 Å². The van der Waals surface area contributed by atoms with Crippen molar-refractivity contribution in [3.63, 3.8) is 0 Å². The van der Waals surface area contributed by atoms with Crippen molar-refractivity contribution < 1.29 is 19.7 Å². The fourth-order valence-electron chi connectivity index (χ4n) is 4.67. The molecule has 160 valence electrons. The Balaban J connectivity index is 1.46. The number of aromatic nitrogens is 1. The molecule has 0 saturated carbocycles. The molecule has 1 saturated heterocycles. The van der Waals surface area contributed by atoms with Crippen molar-refractivity contribution in [2.45, 2.75) is 56.8 Å². The number of aliphatic hydroxyl groups is 2. The van der Waals surface area contributed by atoms with E-state index in [4.69, 9.17) is 9.47 Å². The van der Waals surface area contributed by atoms with Gasteiger partial charge in [0.05, 0.1) is 32.0 Å². The Kier molecular flexibility index (Phi) is 6.82. The largest absolute Gasteiger partial charge is 0.497 e. The predicted molar refractivity (Wildman–Crippen MR) is 116 cm³/mol. The number of hydrogen-bond acceptors (Lipinski definition) is 5. The van der Waals surface area contributed by atoms with Crippen LogP contribution in [0.5, 0.6) is 5.75 Å². The van der Waals surface area contributed by atoms with Crippen molar-refractivity contribution in [1.29, 1.82) is 0 Å². The van der Waals surface area contributed by atoms with Gasteiger partial charge in [0.25, 0.3) is 0 Å². The van der Waals surface area contributed by atoms with Gasteiger partial charge >= 0.3 is 0 Å². The summed E-state index contributed by atoms with van der Waals surface area (Å²) in [5.41, 5.74) is 4.97. The number of rotatable bonds is 7. The van der Waals surface area contributed by atoms with Crippen molar-refractivity contribution in [3.05, 3.63) is 65.5 Å². The first kappa shape index (κ1) is 21.0. The second kappa shape index (κ2) is 9.73. The molecule has 0 amide bonds. The van der Waals surface area contributed by atoms with Gasteiger partial charge in [-0.15, -0.1) is 0 Å². The summed E-state index contributed by atoms with van der Waals surface area (Å²) in [5, 5.41) is 19.5. The van der Waals surface area contributed by atoms with E-state index in [-0.39, 0.29) is 24.9 Å². The highest BCUT2D eigenvalue weighted by Crippen LogP contribution is 2.34. The van der Waals surface area contributed by atoms with Crippen LogP contribution in [-0.4, -0.2) is 47.2 Å². The maximum atomic E-state index is 10.1. The van der Waals surface area contributed by atoms with E-state index in [1.165, 1.54) is 16.7 Å². The van der Waals surface area contributed by atoms with Crippen molar-refractivity contribution in [1.82, 2.24) is 4.98 Å². The van der Waals surface area contributed by atoms with Gasteiger partial charge in [-0.3, -0.25) is 4.98 Å². The van der Waals surface area contributed by atoms with Crippen LogP contribution in [-0.2, 0) is 17.6 Å². The third-order valence-corrected chi connectivity index (χ3v) is 6.20. The molecular weight excluding hydrogens is 378 g/mol. The quantitative estimate of drug-likeness (QED) is 0.732. The van der Waals surface area contributed by atoms with Crippen LogP contribution in [0.15, 0.2) is 48.7 Å². The minimum Gasteiger partial charge on any atom is -0.497 e. The summed E-state index contributed by atoms with van der Waals surface area (Å²) in [6, 6.07) is 12.4. The minimum absolute atomic E-state index is 0.00877. The van der Waals surface area contributed by atoms with E-state index in [2.05, 4.69) is 29.3 Å². The summed E-state index contributed by atoms with van der Waals surface area (Å²) in [4.78, 5) is 4.66. The second-order valence-corrected chi connectivity index (χ2v) is 8.44. The molecule has 2 heterocycles. The molecule has 1 aliphatic carbocycles. The zero-order valence-corrected chi connectivity index (χ0v) is 17.5. The van der Waals surface area contributed by atoms with Gasteiger partial charge in [0, 0.05) is 18.3 Å². The lowest BCUT2D eigenvalue weighted by Gasteiger charge is -2.33. The zero-order chi connectivity index (χ0) is 20.9. The first-order valence-electron chi connectivity index (χ1n) is 10.9. The summed E-state index contributed by atoms with van der Waals surface area (Å²) in [5.74, 6) is 1.27. The molecule has 5 heteroatoms. The molecule has 0 bridgehead atoms. The molecule has 30 heavy (non-hydrogen) atoms. The Bertz CT molecular complexity index is 864. The number of pyridine rings is 1. The van der Waals surface area contributed by atoms with Crippen LogP contribution >= 0.6 is 0 Å². The molecule has 2 N–H and O–H groups in total. The highest BCUT2D eigenvalue weighted by atomic mass is 16.5. The van der Waals surface area contributed by atoms with E-state index >= 15 is 0 Å². The van der Waals surface area contributed by atoms with E-state index in [9.17, 15) is 10.2 Å². The van der Waals surface area contributed by atoms with Crippen LogP contribution < -0.4 is 4.74 Å². The number of hydrogen-bond donors (Lipinski definition) is 2. The molecular formula is C25H31NO4. The standard InChI is InChI=1S/C25H31NO4/c1-29-21-7-4-17(5-8-21)11-19-12-18(13-25-24(19)3-2-10-26-25)6-9-22-14-20(28)15-23(16-27)30-22/h2-5,7-8,10,12,18,20,22-23,27-28H,6,9,11,13-16H2,1H3/t18?,20-,22+,23+/m1/s1. The monoisotopic (exact) mass is 409 g/mol. The molecule has 1 aliphatic heterocycles. The number of methoxy groups -OCH3 is 1. The Morgan fingerprint density at radius 3 is 2.67 bits per heavy atom. The second-order valence-electron chi connectivity index (χ2n) is 8.44. The smallest absolute Gasteiger partial charge is 0.118 e. The van der Waals surface area contributed by atoms with Crippen molar-refractivity contribution in [2.24, 2.45) is 5.92 Å². The molecule has 4 atom stereocenters. The molecule has 0 radical (unpaired) electrons. The van der Waals surface area contributed by atoms with Gasteiger partial charge in [-0.05, 0) is 72.9 Å². The van der Waals surface area contributed by atoms with E-state index in [0.717, 1.165) is 37.1 Å². The third kappa shape index (κ3) is 5.09. The van der Waals surface area contributed by atoms with Crippen molar-refractivity contribution in [3.8, 4) is 5.75 Å². The molecule has 1 fully saturated rings. The van der Waals surface area contributed by atoms with Crippen molar-refractivity contribution in [2.75, 3.05) is 13.7 Å². The van der Waals surface area contributed by atoms with Gasteiger partial charge in [0.2, 0.25) is 0 Å². The van der Waals surface area contributed by atoms with Gasteiger partial charge in [-0.25, -0.2) is 0 Å². The molecule has 1 unspecified atom stereocenters. The van der Waals surface area contributed by atoms with Crippen LogP contribution in [0, 0.1) is 5.92 Å². The van der Waals surface area contributed by atoms with Gasteiger partial charge in [-0.2, -0.15) is 0 Å². The minimum atomic E-state index is -0.379. The van der Waals surface area contributed by atoms with Crippen LogP contribution in [0.4, 0.5) is 0 Å². The lowest BCUT2D eigenvalue weighted by atomic mass is 9.82.